The third kappa shape index (κ3) is 5.76. The van der Waals surface area contributed by atoms with Crippen molar-refractivity contribution in [2.75, 3.05) is 7.05 Å². The van der Waals surface area contributed by atoms with Gasteiger partial charge >= 0.3 is 0 Å². The van der Waals surface area contributed by atoms with Crippen LogP contribution in [0.4, 0.5) is 4.39 Å². The highest BCUT2D eigenvalue weighted by Gasteiger charge is 2.17. The van der Waals surface area contributed by atoms with Gasteiger partial charge in [0.2, 0.25) is 0 Å². The Labute approximate surface area is 179 Å². The summed E-state index contributed by atoms with van der Waals surface area (Å²) in [6.07, 6.45) is 10.8. The maximum Gasteiger partial charge on any atom is 0.140 e. The molecule has 0 aromatic heterocycles. The van der Waals surface area contributed by atoms with Gasteiger partial charge in [-0.15, -0.1) is 0 Å². The van der Waals surface area contributed by atoms with Crippen molar-refractivity contribution in [2.24, 2.45) is 0 Å². The fraction of sp³-hybridized carbons (Fsp3) is 0.208. The number of allylic oxidation sites excluding steroid dienone is 2. The van der Waals surface area contributed by atoms with Crippen LogP contribution in [0.3, 0.4) is 0 Å². The number of hydrogen-bond acceptors (Lipinski definition) is 3. The Hall–Kier alpha value is -3.01. The van der Waals surface area contributed by atoms with Gasteiger partial charge in [0.1, 0.15) is 11.9 Å². The van der Waals surface area contributed by atoms with Crippen molar-refractivity contribution in [3.8, 4) is 6.07 Å². The molecular formula is C24H25FN4S. The van der Waals surface area contributed by atoms with Crippen molar-refractivity contribution in [2.45, 2.75) is 25.3 Å². The molecule has 0 saturated carbocycles. The Morgan fingerprint density at radius 3 is 2.80 bits per heavy atom. The van der Waals surface area contributed by atoms with E-state index in [0.29, 0.717) is 0 Å². The van der Waals surface area contributed by atoms with Crippen LogP contribution in [0.1, 0.15) is 29.5 Å². The number of hydrogen-bond donors (Lipinski definition) is 3. The average Bonchev–Trinajstić information content (AvgIpc) is 2.90. The Balaban J connectivity index is 1.79. The summed E-state index contributed by atoms with van der Waals surface area (Å²) in [5.41, 5.74) is 2.94. The molecule has 3 rings (SSSR count). The normalized spacial score (nSPS) is 21.4. The molecule has 0 spiro atoms. The second-order valence-electron chi connectivity index (χ2n) is 7.02. The molecule has 6 heteroatoms. The van der Waals surface area contributed by atoms with Crippen LogP contribution in [-0.2, 0) is 17.3 Å². The van der Waals surface area contributed by atoms with Gasteiger partial charge < -0.3 is 5.32 Å². The van der Waals surface area contributed by atoms with E-state index in [4.69, 9.17) is 10.0 Å². The van der Waals surface area contributed by atoms with Crippen LogP contribution in [-0.4, -0.2) is 13.1 Å². The topological polar surface area (TPSA) is 71.7 Å². The van der Waals surface area contributed by atoms with Crippen LogP contribution in [0.15, 0.2) is 77.4 Å². The first-order valence-electron chi connectivity index (χ1n) is 9.83. The second kappa shape index (κ2) is 10.7. The predicted octanol–water partition coefficient (Wildman–Crippen LogP) is 4.99. The summed E-state index contributed by atoms with van der Waals surface area (Å²) in [6.45, 7) is 0. The lowest BCUT2D eigenvalue weighted by atomic mass is 10.0. The molecule has 0 bridgehead atoms. The van der Waals surface area contributed by atoms with Crippen molar-refractivity contribution < 1.29 is 4.39 Å². The molecule has 0 amide bonds. The van der Waals surface area contributed by atoms with E-state index in [1.54, 1.807) is 13.1 Å². The molecule has 30 heavy (non-hydrogen) atoms. The lowest BCUT2D eigenvalue weighted by molar-refractivity contribution is 0.624. The molecule has 0 fully saturated rings. The smallest absolute Gasteiger partial charge is 0.140 e. The molecule has 4 nitrogen and oxygen atoms in total. The van der Waals surface area contributed by atoms with Crippen LogP contribution < -0.4 is 10.0 Å². The standard InChI is InChI=1S/C24H25FN4S/c1-28-17-24-20(14-19-10-13-23(25)21(15-19)16-26)11-12-22(29-30(24)27)9-5-8-18-6-3-2-4-7-18/h2-4,6-7,10-15,17,22,28H,5,8-9H2,1H3,(H2,27,29)/b20-14+,24-17+. The first kappa shape index (κ1) is 21.7. The fourth-order valence-electron chi connectivity index (χ4n) is 3.29. The third-order valence-electron chi connectivity index (χ3n) is 4.81. The highest BCUT2D eigenvalue weighted by Crippen LogP contribution is 2.24. The highest BCUT2D eigenvalue weighted by molar-refractivity contribution is 7.88. The number of nitrogens with zero attached hydrogens (tertiary/aromatic N) is 1. The molecule has 0 radical (unpaired) electrons. The summed E-state index contributed by atoms with van der Waals surface area (Å²) in [4.78, 5) is 0.821. The fourth-order valence-corrected chi connectivity index (χ4v) is 4.51. The van der Waals surface area contributed by atoms with Crippen LogP contribution >= 0.6 is 0 Å². The van der Waals surface area contributed by atoms with E-state index >= 15 is 0 Å². The van der Waals surface area contributed by atoms with E-state index in [1.807, 2.05) is 30.5 Å². The van der Waals surface area contributed by atoms with Gasteiger partial charge in [-0.25, -0.2) is 9.11 Å². The van der Waals surface area contributed by atoms with Gasteiger partial charge in [-0.1, -0.05) is 48.6 Å². The van der Waals surface area contributed by atoms with Gasteiger partial charge in [0.15, 0.2) is 0 Å². The minimum atomic E-state index is -0.910. The molecule has 2 aromatic carbocycles. The number of nitriles is 1. The van der Waals surface area contributed by atoms with E-state index in [9.17, 15) is 4.39 Å². The first-order valence-corrected chi connectivity index (χ1v) is 11.1. The number of halogens is 1. The van der Waals surface area contributed by atoms with Crippen molar-refractivity contribution in [3.63, 3.8) is 0 Å². The Morgan fingerprint density at radius 2 is 2.07 bits per heavy atom. The molecule has 1 aliphatic rings. The van der Waals surface area contributed by atoms with E-state index in [1.165, 1.54) is 17.7 Å². The number of aryl methyl sites for hydroxylation is 1. The van der Waals surface area contributed by atoms with E-state index in [-0.39, 0.29) is 11.6 Å². The summed E-state index contributed by atoms with van der Waals surface area (Å²) in [6, 6.07) is 16.9. The minimum Gasteiger partial charge on any atom is -0.393 e. The predicted molar refractivity (Wildman–Crippen MR) is 122 cm³/mol. The molecule has 0 saturated heterocycles. The zero-order valence-electron chi connectivity index (χ0n) is 16.9. The van der Waals surface area contributed by atoms with Crippen molar-refractivity contribution in [1.29, 1.82) is 10.0 Å². The second-order valence-corrected chi connectivity index (χ2v) is 8.30. The Bertz CT molecular complexity index is 1030. The third-order valence-corrected chi connectivity index (χ3v) is 6.15. The average molecular weight is 421 g/mol. The summed E-state index contributed by atoms with van der Waals surface area (Å²) >= 11 is 0. The monoisotopic (exact) mass is 420 g/mol. The molecule has 3 N–H and O–H groups in total. The molecule has 2 unspecified atom stereocenters. The van der Waals surface area contributed by atoms with Crippen LogP contribution in [0.2, 0.25) is 0 Å². The zero-order chi connectivity index (χ0) is 21.3. The van der Waals surface area contributed by atoms with Crippen LogP contribution in [0, 0.1) is 21.9 Å². The van der Waals surface area contributed by atoms with E-state index in [0.717, 1.165) is 35.3 Å². The van der Waals surface area contributed by atoms with Gasteiger partial charge in [0, 0.05) is 19.3 Å². The van der Waals surface area contributed by atoms with Gasteiger partial charge in [-0.05, 0) is 65.0 Å². The SMILES string of the molecule is CN/C=C1\C(=C\c2ccc(F)c(C#N)c2)C=CC(CCCc2ccccc2)NS1=N. The summed E-state index contributed by atoms with van der Waals surface area (Å²) in [7, 11) is 0.895. The van der Waals surface area contributed by atoms with Gasteiger partial charge in [-0.2, -0.15) is 5.26 Å². The number of benzene rings is 2. The quantitative estimate of drug-likeness (QED) is 0.617. The largest absolute Gasteiger partial charge is 0.393 e. The van der Waals surface area contributed by atoms with E-state index < -0.39 is 16.7 Å². The molecule has 1 heterocycles. The Kier molecular flexibility index (Phi) is 7.72. The number of nitrogens with one attached hydrogen (secondary N) is 3. The summed E-state index contributed by atoms with van der Waals surface area (Å²) in [5, 5.41) is 12.1. The molecule has 1 aliphatic heterocycles. The summed E-state index contributed by atoms with van der Waals surface area (Å²) < 4.78 is 25.7. The molecule has 2 atom stereocenters. The van der Waals surface area contributed by atoms with Crippen molar-refractivity contribution in [1.82, 2.24) is 10.0 Å². The molecule has 2 aromatic rings. The summed E-state index contributed by atoms with van der Waals surface area (Å²) in [5.74, 6) is -0.526. The van der Waals surface area contributed by atoms with Gasteiger partial charge in [0.25, 0.3) is 0 Å². The van der Waals surface area contributed by atoms with Crippen LogP contribution in [0.25, 0.3) is 6.08 Å². The number of rotatable bonds is 6. The minimum absolute atomic E-state index is 0.0166. The molecular weight excluding hydrogens is 395 g/mol. The zero-order valence-corrected chi connectivity index (χ0v) is 17.7. The van der Waals surface area contributed by atoms with Crippen molar-refractivity contribution in [3.05, 3.63) is 99.9 Å². The lowest BCUT2D eigenvalue weighted by Crippen LogP contribution is -2.28. The van der Waals surface area contributed by atoms with E-state index in [2.05, 4.69) is 40.4 Å². The molecule has 154 valence electrons. The molecule has 0 aliphatic carbocycles. The lowest BCUT2D eigenvalue weighted by Gasteiger charge is -2.15. The first-order chi connectivity index (χ1) is 14.6. The van der Waals surface area contributed by atoms with Crippen molar-refractivity contribution >= 4 is 17.0 Å². The highest BCUT2D eigenvalue weighted by atomic mass is 32.2. The maximum atomic E-state index is 13.6. The maximum absolute atomic E-state index is 13.6. The Morgan fingerprint density at radius 1 is 1.27 bits per heavy atom. The van der Waals surface area contributed by atoms with Gasteiger partial charge in [0.05, 0.1) is 10.5 Å². The van der Waals surface area contributed by atoms with Crippen LogP contribution in [0.5, 0.6) is 0 Å². The van der Waals surface area contributed by atoms with Gasteiger partial charge in [-0.3, -0.25) is 4.78 Å².